The summed E-state index contributed by atoms with van der Waals surface area (Å²) >= 11 is 0. The fraction of sp³-hybridized carbons (Fsp3) is 0.250. The lowest BCUT2D eigenvalue weighted by atomic mass is 10.2. The largest absolute Gasteiger partial charge is 0.398 e. The monoisotopic (exact) mass is 179 g/mol. The van der Waals surface area contributed by atoms with E-state index in [2.05, 4.69) is 27.6 Å². The van der Waals surface area contributed by atoms with Crippen molar-refractivity contribution in [1.29, 1.82) is 0 Å². The van der Waals surface area contributed by atoms with Gasteiger partial charge in [-0.25, -0.2) is 0 Å². The van der Waals surface area contributed by atoms with Gasteiger partial charge < -0.3 is 11.1 Å². The van der Waals surface area contributed by atoms with Crippen molar-refractivity contribution in [2.45, 2.75) is 12.6 Å². The van der Waals surface area contributed by atoms with Crippen LogP contribution in [0, 0.1) is 0 Å². The van der Waals surface area contributed by atoms with Crippen LogP contribution in [-0.4, -0.2) is 19.1 Å². The molecule has 1 atom stereocenters. The van der Waals surface area contributed by atoms with Crippen LogP contribution in [0.1, 0.15) is 6.42 Å². The Labute approximate surface area is 77.1 Å². The average Bonchev–Trinajstić information content (AvgIpc) is 2.15. The van der Waals surface area contributed by atoms with Gasteiger partial charge >= 0.3 is 0 Å². The van der Waals surface area contributed by atoms with E-state index >= 15 is 0 Å². The maximum atomic E-state index is 5.50. The first kappa shape index (κ1) is 9.31. The van der Waals surface area contributed by atoms with Gasteiger partial charge in [-0.1, -0.05) is 6.08 Å². The van der Waals surface area contributed by atoms with E-state index in [1.165, 1.54) is 0 Å². The zero-order valence-electron chi connectivity index (χ0n) is 7.27. The van der Waals surface area contributed by atoms with Crippen molar-refractivity contribution in [2.75, 3.05) is 0 Å². The molecule has 0 radical (unpaired) electrons. The summed E-state index contributed by atoms with van der Waals surface area (Å²) in [6.45, 7) is 3.26. The minimum atomic E-state index is 0.0650. The molecule has 0 bridgehead atoms. The number of hydrogen-bond donors (Lipinski definition) is 3. The lowest BCUT2D eigenvalue weighted by Gasteiger charge is -2.13. The van der Waals surface area contributed by atoms with Crippen molar-refractivity contribution < 1.29 is 0 Å². The first-order valence-corrected chi connectivity index (χ1v) is 3.94. The molecule has 1 aliphatic heterocycles. The highest BCUT2D eigenvalue weighted by molar-refractivity contribution is 5.78. The van der Waals surface area contributed by atoms with E-state index in [-0.39, 0.29) is 6.17 Å². The smallest absolute Gasteiger partial charge is 0.121 e. The molecule has 70 valence electrons. The van der Waals surface area contributed by atoms with E-state index in [1.807, 2.05) is 6.08 Å². The highest BCUT2D eigenvalue weighted by Crippen LogP contribution is 2.02. The summed E-state index contributed by atoms with van der Waals surface area (Å²) in [7, 11) is 0. The molecule has 0 spiro atoms. The third kappa shape index (κ3) is 3.42. The van der Waals surface area contributed by atoms with Crippen molar-refractivity contribution in [3.8, 4) is 0 Å². The topological polar surface area (TPSA) is 74.8 Å². The van der Waals surface area contributed by atoms with Crippen molar-refractivity contribution in [3.05, 3.63) is 24.2 Å². The molecule has 0 amide bonds. The molecule has 13 heavy (non-hydrogen) atoms. The minimum Gasteiger partial charge on any atom is -0.398 e. The van der Waals surface area contributed by atoms with Crippen LogP contribution in [0.3, 0.4) is 0 Å². The number of nitrogens with two attached hydrogens (primary N) is 1. The molecule has 0 aromatic carbocycles. The predicted octanol–water partition coefficient (Wildman–Crippen LogP) is -0.104. The second-order valence-corrected chi connectivity index (χ2v) is 2.52. The summed E-state index contributed by atoms with van der Waals surface area (Å²) in [5, 5.41) is 6.48. The highest BCUT2D eigenvalue weighted by atomic mass is 15.3. The van der Waals surface area contributed by atoms with E-state index in [4.69, 9.17) is 5.73 Å². The Morgan fingerprint density at radius 2 is 2.54 bits per heavy atom. The molecule has 1 heterocycles. The standard InChI is InChI=1S/C8H13N5/c1-10-13-5-4-11-8-3-2-7(9)6-12-8/h2,4-6,8,11,13H,1,3,9H2/b5-4-. The van der Waals surface area contributed by atoms with Gasteiger partial charge in [-0.15, -0.1) is 0 Å². The normalized spacial score (nSPS) is 21.2. The quantitative estimate of drug-likeness (QED) is 0.416. The second kappa shape index (κ2) is 4.97. The van der Waals surface area contributed by atoms with E-state index in [9.17, 15) is 0 Å². The number of rotatable bonds is 4. The van der Waals surface area contributed by atoms with E-state index < -0.39 is 0 Å². The molecule has 5 heteroatoms. The van der Waals surface area contributed by atoms with Crippen LogP contribution >= 0.6 is 0 Å². The van der Waals surface area contributed by atoms with Gasteiger partial charge in [-0.3, -0.25) is 10.4 Å². The lowest BCUT2D eigenvalue weighted by Crippen LogP contribution is -2.25. The van der Waals surface area contributed by atoms with Crippen molar-refractivity contribution in [1.82, 2.24) is 10.7 Å². The number of hydrogen-bond acceptors (Lipinski definition) is 5. The Kier molecular flexibility index (Phi) is 3.56. The maximum absolute atomic E-state index is 5.50. The van der Waals surface area contributed by atoms with Gasteiger partial charge in [0, 0.05) is 37.4 Å². The molecule has 0 saturated heterocycles. The third-order valence-corrected chi connectivity index (χ3v) is 1.52. The van der Waals surface area contributed by atoms with Crippen LogP contribution in [-0.2, 0) is 0 Å². The van der Waals surface area contributed by atoms with Gasteiger partial charge in [-0.2, -0.15) is 5.10 Å². The van der Waals surface area contributed by atoms with Crippen LogP contribution in [0.4, 0.5) is 0 Å². The first-order chi connectivity index (χ1) is 6.33. The SMILES string of the molecule is C=NN/C=C\NC1CC=C(N)C=N1. The molecule has 0 aliphatic carbocycles. The Morgan fingerprint density at radius 1 is 1.69 bits per heavy atom. The molecule has 5 nitrogen and oxygen atoms in total. The van der Waals surface area contributed by atoms with Crippen molar-refractivity contribution in [3.63, 3.8) is 0 Å². The number of nitrogens with one attached hydrogen (secondary N) is 2. The number of dihydropyridines is 1. The Bertz CT molecular complexity index is 253. The summed E-state index contributed by atoms with van der Waals surface area (Å²) in [6.07, 6.45) is 7.81. The second-order valence-electron chi connectivity index (χ2n) is 2.52. The van der Waals surface area contributed by atoms with Gasteiger partial charge in [0.15, 0.2) is 0 Å². The van der Waals surface area contributed by atoms with Crippen molar-refractivity contribution >= 4 is 12.9 Å². The number of nitrogens with zero attached hydrogens (tertiary/aromatic N) is 2. The fourth-order valence-corrected chi connectivity index (χ4v) is 0.898. The lowest BCUT2D eigenvalue weighted by molar-refractivity contribution is 0.614. The maximum Gasteiger partial charge on any atom is 0.121 e. The van der Waals surface area contributed by atoms with E-state index in [0.29, 0.717) is 5.70 Å². The molecular formula is C8H13N5. The summed E-state index contributed by atoms with van der Waals surface area (Å²) in [6, 6.07) is 0. The molecule has 0 fully saturated rings. The van der Waals surface area contributed by atoms with Crippen molar-refractivity contribution in [2.24, 2.45) is 15.8 Å². The fourth-order valence-electron chi connectivity index (χ4n) is 0.898. The highest BCUT2D eigenvalue weighted by Gasteiger charge is 2.04. The zero-order valence-corrected chi connectivity index (χ0v) is 7.27. The number of hydrazone groups is 1. The molecule has 0 aromatic heterocycles. The summed E-state index contributed by atoms with van der Waals surface area (Å²) < 4.78 is 0. The predicted molar refractivity (Wildman–Crippen MR) is 54.1 cm³/mol. The molecule has 0 saturated carbocycles. The van der Waals surface area contributed by atoms with Gasteiger partial charge in [0.05, 0.1) is 0 Å². The van der Waals surface area contributed by atoms with Gasteiger partial charge in [0.2, 0.25) is 0 Å². The minimum absolute atomic E-state index is 0.0650. The molecule has 1 unspecified atom stereocenters. The van der Waals surface area contributed by atoms with Crippen LogP contribution in [0.5, 0.6) is 0 Å². The average molecular weight is 179 g/mol. The zero-order chi connectivity index (χ0) is 9.52. The van der Waals surface area contributed by atoms with Crippen LogP contribution in [0.25, 0.3) is 0 Å². The summed E-state index contributed by atoms with van der Waals surface area (Å²) in [5.41, 5.74) is 8.79. The summed E-state index contributed by atoms with van der Waals surface area (Å²) in [4.78, 5) is 4.15. The Morgan fingerprint density at radius 3 is 3.15 bits per heavy atom. The Hall–Kier alpha value is -1.78. The van der Waals surface area contributed by atoms with Gasteiger partial charge in [-0.05, 0) is 0 Å². The Balaban J connectivity index is 2.25. The molecule has 0 aromatic rings. The van der Waals surface area contributed by atoms with Crippen LogP contribution in [0.2, 0.25) is 0 Å². The molecule has 1 aliphatic rings. The number of aliphatic imine (C=N–C) groups is 1. The molecule has 1 rings (SSSR count). The van der Waals surface area contributed by atoms with Crippen LogP contribution in [0.15, 0.2) is 34.3 Å². The van der Waals surface area contributed by atoms with Gasteiger partial charge in [0.25, 0.3) is 0 Å². The van der Waals surface area contributed by atoms with Crippen LogP contribution < -0.4 is 16.5 Å². The first-order valence-electron chi connectivity index (χ1n) is 3.94. The van der Waals surface area contributed by atoms with Gasteiger partial charge in [0.1, 0.15) is 6.17 Å². The molecule has 4 N–H and O–H groups in total. The van der Waals surface area contributed by atoms with E-state index in [1.54, 1.807) is 18.6 Å². The number of allylic oxidation sites excluding steroid dienone is 1. The van der Waals surface area contributed by atoms with E-state index in [0.717, 1.165) is 6.42 Å². The summed E-state index contributed by atoms with van der Waals surface area (Å²) in [5.74, 6) is 0. The molecular weight excluding hydrogens is 166 g/mol. The third-order valence-electron chi connectivity index (χ3n) is 1.52.